The molecule has 3 aromatic rings. The zero-order chi connectivity index (χ0) is 22.3. The van der Waals surface area contributed by atoms with Crippen molar-refractivity contribution in [3.63, 3.8) is 0 Å². The number of hydrogen-bond acceptors (Lipinski definition) is 6. The van der Waals surface area contributed by atoms with E-state index in [-0.39, 0.29) is 36.2 Å². The van der Waals surface area contributed by atoms with Crippen molar-refractivity contribution in [3.8, 4) is 11.4 Å². The summed E-state index contributed by atoms with van der Waals surface area (Å²) in [5.74, 6) is -3.40. The van der Waals surface area contributed by atoms with Crippen LogP contribution in [-0.2, 0) is 16.9 Å². The highest BCUT2D eigenvalue weighted by molar-refractivity contribution is 6.03. The molecule has 1 aliphatic heterocycles. The molecule has 2 heterocycles. The summed E-state index contributed by atoms with van der Waals surface area (Å²) >= 11 is 0. The third kappa shape index (κ3) is 3.97. The molecule has 1 aromatic heterocycles. The molecule has 5 N–H and O–H groups in total. The lowest BCUT2D eigenvalue weighted by atomic mass is 9.93. The van der Waals surface area contributed by atoms with E-state index in [1.807, 2.05) is 0 Å². The number of halogens is 3. The van der Waals surface area contributed by atoms with E-state index >= 15 is 0 Å². The fourth-order valence-electron chi connectivity index (χ4n) is 3.20. The number of aliphatic carboxylic acids is 1. The average molecular weight is 462 g/mol. The number of benzene rings is 2. The Balaban J connectivity index is 0.00000289. The second kappa shape index (κ2) is 8.48. The minimum absolute atomic E-state index is 0. The second-order valence-electron chi connectivity index (χ2n) is 7.21. The van der Waals surface area contributed by atoms with Gasteiger partial charge in [-0.1, -0.05) is 18.2 Å². The van der Waals surface area contributed by atoms with Crippen molar-refractivity contribution in [2.75, 3.05) is 5.32 Å². The molecule has 2 aromatic carbocycles. The van der Waals surface area contributed by atoms with Gasteiger partial charge >= 0.3 is 5.97 Å². The lowest BCUT2D eigenvalue weighted by Crippen LogP contribution is -2.41. The predicted molar refractivity (Wildman–Crippen MR) is 115 cm³/mol. The molecule has 0 spiro atoms. The number of aromatic nitrogens is 2. The second-order valence-corrected chi connectivity index (χ2v) is 7.21. The smallest absolute Gasteiger partial charge is 0.328 e. The molecule has 0 saturated heterocycles. The summed E-state index contributed by atoms with van der Waals surface area (Å²) in [6.45, 7) is 1.46. The lowest BCUT2D eigenvalue weighted by Gasteiger charge is -2.20. The van der Waals surface area contributed by atoms with E-state index in [2.05, 4.69) is 20.6 Å². The van der Waals surface area contributed by atoms with Gasteiger partial charge in [-0.2, -0.15) is 0 Å². The van der Waals surface area contributed by atoms with Gasteiger partial charge in [-0.3, -0.25) is 4.79 Å². The molecular weight excluding hydrogens is 444 g/mol. The number of amides is 1. The zero-order valence-electron chi connectivity index (χ0n) is 16.6. The Morgan fingerprint density at radius 1 is 1.12 bits per heavy atom. The zero-order valence-corrected chi connectivity index (χ0v) is 17.5. The predicted octanol–water partition coefficient (Wildman–Crippen LogP) is 3.09. The van der Waals surface area contributed by atoms with Gasteiger partial charge in [-0.15, -0.1) is 12.4 Å². The number of carboxylic acids is 1. The summed E-state index contributed by atoms with van der Waals surface area (Å²) in [6, 6.07) is 9.59. The monoisotopic (exact) mass is 461 g/mol. The fourth-order valence-corrected chi connectivity index (χ4v) is 3.20. The number of nitrogens with two attached hydrogens (primary N) is 1. The normalized spacial score (nSPS) is 14.1. The van der Waals surface area contributed by atoms with Crippen molar-refractivity contribution in [2.45, 2.75) is 19.0 Å². The maximum atomic E-state index is 14.3. The van der Waals surface area contributed by atoms with Crippen LogP contribution < -0.4 is 16.4 Å². The lowest BCUT2D eigenvalue weighted by molar-refractivity contribution is -0.143. The minimum Gasteiger partial charge on any atom is -0.480 e. The van der Waals surface area contributed by atoms with E-state index in [9.17, 15) is 23.5 Å². The number of rotatable bonds is 5. The van der Waals surface area contributed by atoms with E-state index in [4.69, 9.17) is 5.73 Å². The minimum atomic E-state index is -1.58. The number of hydrogen-bond donors (Lipinski definition) is 4. The van der Waals surface area contributed by atoms with Crippen LogP contribution in [0.4, 0.5) is 20.3 Å². The van der Waals surface area contributed by atoms with E-state index in [0.29, 0.717) is 16.9 Å². The van der Waals surface area contributed by atoms with Gasteiger partial charge in [0.2, 0.25) is 0 Å². The quantitative estimate of drug-likeness (QED) is 0.459. The maximum absolute atomic E-state index is 14.3. The molecule has 0 fully saturated rings. The highest BCUT2D eigenvalue weighted by Crippen LogP contribution is 2.31. The van der Waals surface area contributed by atoms with Crippen molar-refractivity contribution < 1.29 is 23.5 Å². The standard InChI is InChI=1S/C21H17F2N5O3.ClH/c1-21(24,20(30)31)10-5-7-11(8-6-10)26-18-16-14(9-25-19(16)29)27-17(28-18)15-12(22)3-2-4-13(15)23;/h2-8H,9,24H2,1H3,(H,25,29)(H,30,31)(H,26,27,28);1H/t21-;/m1./s1. The van der Waals surface area contributed by atoms with E-state index in [1.165, 1.54) is 25.1 Å². The topological polar surface area (TPSA) is 130 Å². The van der Waals surface area contributed by atoms with Gasteiger partial charge in [0, 0.05) is 5.69 Å². The molecule has 1 amide bonds. The van der Waals surface area contributed by atoms with Crippen LogP contribution in [0.3, 0.4) is 0 Å². The van der Waals surface area contributed by atoms with Crippen LogP contribution in [0, 0.1) is 11.6 Å². The Morgan fingerprint density at radius 2 is 1.75 bits per heavy atom. The van der Waals surface area contributed by atoms with Gasteiger partial charge in [0.1, 0.15) is 28.6 Å². The first-order chi connectivity index (χ1) is 14.7. The van der Waals surface area contributed by atoms with E-state index < -0.39 is 34.6 Å². The molecule has 0 bridgehead atoms. The van der Waals surface area contributed by atoms with Crippen molar-refractivity contribution in [3.05, 3.63) is 70.9 Å². The number of carbonyl (C=O) groups is 2. The van der Waals surface area contributed by atoms with Crippen LogP contribution in [0.5, 0.6) is 0 Å². The van der Waals surface area contributed by atoms with E-state index in [1.54, 1.807) is 12.1 Å². The Kier molecular flexibility index (Phi) is 6.11. The number of nitrogens with zero attached hydrogens (tertiary/aromatic N) is 2. The number of fused-ring (bicyclic) bond motifs is 1. The van der Waals surface area contributed by atoms with Crippen molar-refractivity contribution >= 4 is 35.8 Å². The number of carboxylic acid groups (broad SMARTS) is 1. The van der Waals surface area contributed by atoms with Gasteiger partial charge in [0.15, 0.2) is 5.82 Å². The molecule has 0 saturated carbocycles. The molecule has 1 atom stereocenters. The first-order valence-corrected chi connectivity index (χ1v) is 9.22. The summed E-state index contributed by atoms with van der Waals surface area (Å²) in [5.41, 5.74) is 5.14. The molecule has 166 valence electrons. The number of anilines is 2. The van der Waals surface area contributed by atoms with Crippen LogP contribution in [0.15, 0.2) is 42.5 Å². The molecule has 32 heavy (non-hydrogen) atoms. The van der Waals surface area contributed by atoms with Gasteiger partial charge in [0.25, 0.3) is 5.91 Å². The van der Waals surface area contributed by atoms with Gasteiger partial charge < -0.3 is 21.5 Å². The molecule has 11 heteroatoms. The van der Waals surface area contributed by atoms with Crippen molar-refractivity contribution in [1.82, 2.24) is 15.3 Å². The summed E-state index contributed by atoms with van der Waals surface area (Å²) in [6.07, 6.45) is 0. The first-order valence-electron chi connectivity index (χ1n) is 9.22. The van der Waals surface area contributed by atoms with Crippen LogP contribution in [0.25, 0.3) is 11.4 Å². The third-order valence-corrected chi connectivity index (χ3v) is 5.01. The molecular formula is C21H18ClF2N5O3. The third-order valence-electron chi connectivity index (χ3n) is 5.01. The first kappa shape index (κ1) is 23.0. The Bertz CT molecular complexity index is 1200. The molecule has 0 unspecified atom stereocenters. The summed E-state index contributed by atoms with van der Waals surface area (Å²) in [7, 11) is 0. The molecule has 8 nitrogen and oxygen atoms in total. The summed E-state index contributed by atoms with van der Waals surface area (Å²) < 4.78 is 28.5. The molecule has 0 radical (unpaired) electrons. The van der Waals surface area contributed by atoms with Gasteiger partial charge in [-0.05, 0) is 36.8 Å². The number of carbonyl (C=O) groups excluding carboxylic acids is 1. The summed E-state index contributed by atoms with van der Waals surface area (Å²) in [4.78, 5) is 32.0. The van der Waals surface area contributed by atoms with Gasteiger partial charge in [0.05, 0.1) is 17.8 Å². The van der Waals surface area contributed by atoms with Crippen molar-refractivity contribution in [2.24, 2.45) is 5.73 Å². The van der Waals surface area contributed by atoms with Crippen LogP contribution in [-0.4, -0.2) is 27.0 Å². The Hall–Kier alpha value is -3.63. The van der Waals surface area contributed by atoms with Crippen LogP contribution in [0.1, 0.15) is 28.5 Å². The van der Waals surface area contributed by atoms with Crippen LogP contribution >= 0.6 is 12.4 Å². The molecule has 0 aliphatic carbocycles. The molecule has 4 rings (SSSR count). The van der Waals surface area contributed by atoms with Crippen LogP contribution in [0.2, 0.25) is 0 Å². The SMILES string of the molecule is C[C@](N)(C(=O)O)c1ccc(Nc2nc(-c3c(F)cccc3F)nc3c2C(=O)NC3)cc1.Cl. The highest BCUT2D eigenvalue weighted by atomic mass is 35.5. The Labute approximate surface area is 187 Å². The van der Waals surface area contributed by atoms with Crippen molar-refractivity contribution in [1.29, 1.82) is 0 Å². The fraction of sp³-hybridized carbons (Fsp3) is 0.143. The number of nitrogens with one attached hydrogen (secondary N) is 2. The summed E-state index contributed by atoms with van der Waals surface area (Å²) in [5, 5.41) is 14.8. The van der Waals surface area contributed by atoms with E-state index in [0.717, 1.165) is 12.1 Å². The van der Waals surface area contributed by atoms with Gasteiger partial charge in [-0.25, -0.2) is 23.5 Å². The molecule has 1 aliphatic rings. The largest absolute Gasteiger partial charge is 0.480 e. The maximum Gasteiger partial charge on any atom is 0.328 e. The average Bonchev–Trinajstić information content (AvgIpc) is 3.09. The highest BCUT2D eigenvalue weighted by Gasteiger charge is 2.31. The Morgan fingerprint density at radius 3 is 2.34 bits per heavy atom.